The van der Waals surface area contributed by atoms with Crippen LogP contribution in [0.2, 0.25) is 0 Å². The van der Waals surface area contributed by atoms with E-state index in [1.807, 2.05) is 0 Å². The third-order valence-electron chi connectivity index (χ3n) is 5.03. The van der Waals surface area contributed by atoms with Gasteiger partial charge in [-0.05, 0) is 56.1 Å². The molecule has 1 fully saturated rings. The molecule has 0 aliphatic carbocycles. The zero-order chi connectivity index (χ0) is 17.5. The molecule has 2 aromatic rings. The molecule has 0 amide bonds. The van der Waals surface area contributed by atoms with Gasteiger partial charge < -0.3 is 10.1 Å². The summed E-state index contributed by atoms with van der Waals surface area (Å²) < 4.78 is 5.89. The Bertz CT molecular complexity index is 653. The van der Waals surface area contributed by atoms with Gasteiger partial charge in [0.2, 0.25) is 0 Å². The minimum Gasteiger partial charge on any atom is -0.489 e. The van der Waals surface area contributed by atoms with Crippen LogP contribution in [0.1, 0.15) is 36.5 Å². The van der Waals surface area contributed by atoms with E-state index in [0.717, 1.165) is 18.8 Å². The lowest BCUT2D eigenvalue weighted by molar-refractivity contribution is 0.260. The van der Waals surface area contributed by atoms with Crippen LogP contribution in [0.15, 0.2) is 48.5 Å². The summed E-state index contributed by atoms with van der Waals surface area (Å²) in [5, 5.41) is 3.61. The summed E-state index contributed by atoms with van der Waals surface area (Å²) in [6.07, 6.45) is 2.67. The van der Waals surface area contributed by atoms with Crippen LogP contribution < -0.4 is 10.1 Å². The number of hydrogen-bond donors (Lipinski definition) is 1. The molecule has 3 heteroatoms. The maximum Gasteiger partial charge on any atom is 0.119 e. The molecular formula is C22H30N2O. The van der Waals surface area contributed by atoms with E-state index in [0.29, 0.717) is 12.6 Å². The number of aryl methyl sites for hydroxylation is 1. The quantitative estimate of drug-likeness (QED) is 0.782. The molecule has 0 radical (unpaired) electrons. The van der Waals surface area contributed by atoms with Crippen LogP contribution in [0.25, 0.3) is 0 Å². The summed E-state index contributed by atoms with van der Waals surface area (Å²) in [4.78, 5) is 2.58. The highest BCUT2D eigenvalue weighted by atomic mass is 16.5. The second kappa shape index (κ2) is 9.02. The maximum atomic E-state index is 5.89. The number of rotatable bonds is 8. The van der Waals surface area contributed by atoms with E-state index >= 15 is 0 Å². The molecule has 134 valence electrons. The molecule has 1 aliphatic rings. The Labute approximate surface area is 152 Å². The van der Waals surface area contributed by atoms with Gasteiger partial charge in [-0.3, -0.25) is 4.90 Å². The molecule has 1 N–H and O–H groups in total. The van der Waals surface area contributed by atoms with E-state index in [4.69, 9.17) is 4.74 Å². The number of benzene rings is 2. The van der Waals surface area contributed by atoms with E-state index in [1.165, 1.54) is 42.6 Å². The summed E-state index contributed by atoms with van der Waals surface area (Å²) in [5.74, 6) is 0.929. The molecular weight excluding hydrogens is 308 g/mol. The summed E-state index contributed by atoms with van der Waals surface area (Å²) in [6, 6.07) is 17.6. The van der Waals surface area contributed by atoms with E-state index in [2.05, 4.69) is 72.6 Å². The summed E-state index contributed by atoms with van der Waals surface area (Å²) in [7, 11) is 0. The molecule has 0 saturated carbocycles. The highest BCUT2D eigenvalue weighted by molar-refractivity contribution is 5.28. The van der Waals surface area contributed by atoms with Crippen molar-refractivity contribution in [2.45, 2.75) is 45.9 Å². The summed E-state index contributed by atoms with van der Waals surface area (Å²) in [6.45, 7) is 9.42. The average Bonchev–Trinajstić information content (AvgIpc) is 3.09. The van der Waals surface area contributed by atoms with Crippen LogP contribution in [0.5, 0.6) is 5.75 Å². The Morgan fingerprint density at radius 1 is 1.12 bits per heavy atom. The van der Waals surface area contributed by atoms with Crippen molar-refractivity contribution in [2.75, 3.05) is 19.6 Å². The van der Waals surface area contributed by atoms with E-state index in [9.17, 15) is 0 Å². The van der Waals surface area contributed by atoms with Crippen molar-refractivity contribution in [3.8, 4) is 5.75 Å². The van der Waals surface area contributed by atoms with E-state index < -0.39 is 0 Å². The highest BCUT2D eigenvalue weighted by Gasteiger charge is 2.21. The minimum absolute atomic E-state index is 0.619. The molecule has 1 heterocycles. The van der Waals surface area contributed by atoms with Crippen LogP contribution in [0, 0.1) is 6.92 Å². The Balaban J connectivity index is 1.42. The van der Waals surface area contributed by atoms with Crippen molar-refractivity contribution in [1.29, 1.82) is 0 Å². The molecule has 1 unspecified atom stereocenters. The van der Waals surface area contributed by atoms with Crippen molar-refractivity contribution >= 4 is 0 Å². The van der Waals surface area contributed by atoms with E-state index in [-0.39, 0.29) is 0 Å². The lowest BCUT2D eigenvalue weighted by Crippen LogP contribution is -2.37. The van der Waals surface area contributed by atoms with Crippen LogP contribution in [0.4, 0.5) is 0 Å². The third-order valence-corrected chi connectivity index (χ3v) is 5.03. The Morgan fingerprint density at radius 2 is 1.96 bits per heavy atom. The van der Waals surface area contributed by atoms with Gasteiger partial charge in [0.1, 0.15) is 12.4 Å². The van der Waals surface area contributed by atoms with Crippen LogP contribution in [0.3, 0.4) is 0 Å². The predicted molar refractivity (Wildman–Crippen MR) is 104 cm³/mol. The van der Waals surface area contributed by atoms with Crippen molar-refractivity contribution in [3.05, 3.63) is 65.2 Å². The Hall–Kier alpha value is -1.84. The monoisotopic (exact) mass is 338 g/mol. The first-order valence-corrected chi connectivity index (χ1v) is 9.46. The van der Waals surface area contributed by atoms with Gasteiger partial charge in [0.25, 0.3) is 0 Å². The lowest BCUT2D eigenvalue weighted by atomic mass is 10.1. The molecule has 0 spiro atoms. The predicted octanol–water partition coefficient (Wildman–Crippen LogP) is 4.15. The number of nitrogens with one attached hydrogen (secondary N) is 1. The summed E-state index contributed by atoms with van der Waals surface area (Å²) in [5.41, 5.74) is 3.79. The number of hydrogen-bond acceptors (Lipinski definition) is 3. The van der Waals surface area contributed by atoms with Crippen LogP contribution >= 0.6 is 0 Å². The van der Waals surface area contributed by atoms with Crippen molar-refractivity contribution in [2.24, 2.45) is 0 Å². The molecule has 0 bridgehead atoms. The van der Waals surface area contributed by atoms with Gasteiger partial charge in [0, 0.05) is 19.1 Å². The molecule has 1 aliphatic heterocycles. The Morgan fingerprint density at radius 3 is 2.72 bits per heavy atom. The fraction of sp³-hybridized carbons (Fsp3) is 0.455. The zero-order valence-corrected chi connectivity index (χ0v) is 15.5. The third kappa shape index (κ3) is 5.32. The van der Waals surface area contributed by atoms with Gasteiger partial charge in [-0.25, -0.2) is 0 Å². The maximum absolute atomic E-state index is 5.89. The molecule has 3 nitrogen and oxygen atoms in total. The number of nitrogens with zero attached hydrogens (tertiary/aromatic N) is 1. The smallest absolute Gasteiger partial charge is 0.119 e. The first-order valence-electron chi connectivity index (χ1n) is 9.46. The Kier molecular flexibility index (Phi) is 6.48. The van der Waals surface area contributed by atoms with Crippen molar-refractivity contribution < 1.29 is 4.74 Å². The van der Waals surface area contributed by atoms with Gasteiger partial charge >= 0.3 is 0 Å². The molecule has 0 aromatic heterocycles. The highest BCUT2D eigenvalue weighted by Crippen LogP contribution is 2.17. The first-order chi connectivity index (χ1) is 12.2. The normalized spacial score (nSPS) is 17.8. The zero-order valence-electron chi connectivity index (χ0n) is 15.5. The molecule has 1 atom stereocenters. The summed E-state index contributed by atoms with van der Waals surface area (Å²) >= 11 is 0. The largest absolute Gasteiger partial charge is 0.489 e. The van der Waals surface area contributed by atoms with Gasteiger partial charge in [-0.2, -0.15) is 0 Å². The fourth-order valence-corrected chi connectivity index (χ4v) is 3.60. The standard InChI is InChI=1S/C22H30N2O/c1-3-24-13-5-8-21(24)16-23-15-19-9-11-22(12-10-19)25-17-20-7-4-6-18(2)14-20/h4,6-7,9-12,14,21,23H,3,5,8,13,15-17H2,1-2H3. The first kappa shape index (κ1) is 18.0. The van der Waals surface area contributed by atoms with Crippen LogP contribution in [-0.2, 0) is 13.2 Å². The molecule has 3 rings (SSSR count). The van der Waals surface area contributed by atoms with Crippen molar-refractivity contribution in [3.63, 3.8) is 0 Å². The van der Waals surface area contributed by atoms with Crippen molar-refractivity contribution in [1.82, 2.24) is 10.2 Å². The number of ether oxygens (including phenoxy) is 1. The average molecular weight is 338 g/mol. The van der Waals surface area contributed by atoms with Gasteiger partial charge in [0.15, 0.2) is 0 Å². The van der Waals surface area contributed by atoms with Crippen LogP contribution in [-0.4, -0.2) is 30.6 Å². The van der Waals surface area contributed by atoms with Gasteiger partial charge in [-0.15, -0.1) is 0 Å². The second-order valence-electron chi connectivity index (χ2n) is 6.98. The van der Waals surface area contributed by atoms with Gasteiger partial charge in [0.05, 0.1) is 0 Å². The fourth-order valence-electron chi connectivity index (χ4n) is 3.60. The SMILES string of the molecule is CCN1CCCC1CNCc1ccc(OCc2cccc(C)c2)cc1. The molecule has 25 heavy (non-hydrogen) atoms. The topological polar surface area (TPSA) is 24.5 Å². The molecule has 2 aromatic carbocycles. The van der Waals surface area contributed by atoms with Gasteiger partial charge in [-0.1, -0.05) is 48.9 Å². The van der Waals surface area contributed by atoms with E-state index in [1.54, 1.807) is 0 Å². The molecule has 1 saturated heterocycles. The minimum atomic E-state index is 0.619. The number of likely N-dealkylation sites (N-methyl/N-ethyl adjacent to an activating group) is 1. The lowest BCUT2D eigenvalue weighted by Gasteiger charge is -2.23. The second-order valence-corrected chi connectivity index (χ2v) is 6.98. The number of likely N-dealkylation sites (tertiary alicyclic amines) is 1.